The lowest BCUT2D eigenvalue weighted by Gasteiger charge is -2.18. The summed E-state index contributed by atoms with van der Waals surface area (Å²) in [6.07, 6.45) is 0.924. The van der Waals surface area contributed by atoms with E-state index in [4.69, 9.17) is 14.2 Å². The first-order valence-electron chi connectivity index (χ1n) is 8.09. The van der Waals surface area contributed by atoms with Gasteiger partial charge in [0.1, 0.15) is 11.9 Å². The number of benzene rings is 1. The number of para-hydroxylation sites is 1. The van der Waals surface area contributed by atoms with Crippen LogP contribution >= 0.6 is 39.9 Å². The largest absolute Gasteiger partial charge is 0.488 e. The number of halogens is 2. The zero-order valence-electron chi connectivity index (χ0n) is 15.1. The lowest BCUT2D eigenvalue weighted by molar-refractivity contribution is 0.0698. The average molecular weight is 530 g/mol. The van der Waals surface area contributed by atoms with E-state index >= 15 is 0 Å². The molecule has 0 aliphatic heterocycles. The van der Waals surface area contributed by atoms with Crippen molar-refractivity contribution in [1.82, 2.24) is 10.6 Å². The Labute approximate surface area is 176 Å². The van der Waals surface area contributed by atoms with E-state index in [2.05, 4.69) is 31.6 Å². The predicted molar refractivity (Wildman–Crippen MR) is 116 cm³/mol. The summed E-state index contributed by atoms with van der Waals surface area (Å²) in [4.78, 5) is 4.20. The summed E-state index contributed by atoms with van der Waals surface area (Å²) >= 11 is 3.48. The highest BCUT2D eigenvalue weighted by atomic mass is 127. The molecule has 0 fully saturated rings. The molecular weight excluding hydrogens is 501 g/mol. The zero-order valence-corrected chi connectivity index (χ0v) is 19.0. The predicted octanol–water partition coefficient (Wildman–Crippen LogP) is 3.05. The SMILES string of the molecule is CN=C(NCCCOCCOC)NCC(C)Oc1ccccc1Br.I. The highest BCUT2D eigenvalue weighted by Gasteiger charge is 2.07. The number of hydrogen-bond donors (Lipinski definition) is 2. The van der Waals surface area contributed by atoms with Crippen molar-refractivity contribution < 1.29 is 14.2 Å². The number of nitrogens with zero attached hydrogens (tertiary/aromatic N) is 1. The molecule has 0 heterocycles. The molecule has 8 heteroatoms. The molecule has 0 aliphatic carbocycles. The van der Waals surface area contributed by atoms with Crippen LogP contribution in [0.5, 0.6) is 5.75 Å². The molecular formula is C17H29BrIN3O3. The van der Waals surface area contributed by atoms with Gasteiger partial charge in [-0.05, 0) is 41.4 Å². The molecule has 1 rings (SSSR count). The quantitative estimate of drug-likeness (QED) is 0.200. The van der Waals surface area contributed by atoms with E-state index in [-0.39, 0.29) is 30.1 Å². The highest BCUT2D eigenvalue weighted by molar-refractivity contribution is 14.0. The molecule has 0 bridgehead atoms. The van der Waals surface area contributed by atoms with E-state index in [9.17, 15) is 0 Å². The molecule has 1 atom stereocenters. The van der Waals surface area contributed by atoms with Crippen molar-refractivity contribution >= 4 is 45.9 Å². The van der Waals surface area contributed by atoms with Gasteiger partial charge in [-0.3, -0.25) is 4.99 Å². The molecule has 1 aromatic carbocycles. The standard InChI is InChI=1S/C17H28BrN3O3.HI/c1-14(24-16-8-5-4-7-15(16)18)13-21-17(19-2)20-9-6-10-23-12-11-22-3;/h4-5,7-8,14H,6,9-13H2,1-3H3,(H2,19,20,21);1H. The lowest BCUT2D eigenvalue weighted by Crippen LogP contribution is -2.42. The Hall–Kier alpha value is -0.580. The van der Waals surface area contributed by atoms with Crippen molar-refractivity contribution in [3.63, 3.8) is 0 Å². The monoisotopic (exact) mass is 529 g/mol. The maximum absolute atomic E-state index is 5.90. The Morgan fingerprint density at radius 3 is 2.64 bits per heavy atom. The minimum Gasteiger partial charge on any atom is -0.488 e. The van der Waals surface area contributed by atoms with E-state index in [1.165, 1.54) is 0 Å². The molecule has 6 nitrogen and oxygen atoms in total. The second kappa shape index (κ2) is 15.7. The highest BCUT2D eigenvalue weighted by Crippen LogP contribution is 2.24. The first kappa shape index (κ1) is 24.4. The van der Waals surface area contributed by atoms with Crippen molar-refractivity contribution in [2.75, 3.05) is 47.1 Å². The summed E-state index contributed by atoms with van der Waals surface area (Å²) in [7, 11) is 3.42. The summed E-state index contributed by atoms with van der Waals surface area (Å²) in [6, 6.07) is 7.82. The topological polar surface area (TPSA) is 64.1 Å². The molecule has 0 spiro atoms. The van der Waals surface area contributed by atoms with Gasteiger partial charge in [-0.1, -0.05) is 12.1 Å². The Morgan fingerprint density at radius 1 is 1.20 bits per heavy atom. The molecule has 1 unspecified atom stereocenters. The van der Waals surface area contributed by atoms with E-state index in [1.54, 1.807) is 14.2 Å². The van der Waals surface area contributed by atoms with Crippen LogP contribution in [-0.4, -0.2) is 59.1 Å². The van der Waals surface area contributed by atoms with Crippen LogP contribution < -0.4 is 15.4 Å². The number of nitrogens with one attached hydrogen (secondary N) is 2. The Bertz CT molecular complexity index is 492. The van der Waals surface area contributed by atoms with Gasteiger partial charge in [0.25, 0.3) is 0 Å². The Morgan fingerprint density at radius 2 is 1.96 bits per heavy atom. The number of hydrogen-bond acceptors (Lipinski definition) is 4. The smallest absolute Gasteiger partial charge is 0.191 e. The molecule has 0 aliphatic rings. The zero-order chi connectivity index (χ0) is 17.6. The first-order valence-corrected chi connectivity index (χ1v) is 8.89. The van der Waals surface area contributed by atoms with Crippen LogP contribution in [0.2, 0.25) is 0 Å². The number of ether oxygens (including phenoxy) is 3. The summed E-state index contributed by atoms with van der Waals surface area (Å²) in [5.74, 6) is 1.59. The summed E-state index contributed by atoms with van der Waals surface area (Å²) in [6.45, 7) is 5.44. The third-order valence-electron chi connectivity index (χ3n) is 3.14. The van der Waals surface area contributed by atoms with E-state index in [0.717, 1.165) is 29.1 Å². The van der Waals surface area contributed by atoms with Crippen LogP contribution in [-0.2, 0) is 9.47 Å². The normalized spacial score (nSPS) is 12.2. The third-order valence-corrected chi connectivity index (χ3v) is 3.79. The number of methoxy groups -OCH3 is 1. The van der Waals surface area contributed by atoms with Gasteiger partial charge in [-0.15, -0.1) is 24.0 Å². The van der Waals surface area contributed by atoms with Crippen molar-refractivity contribution in [2.45, 2.75) is 19.4 Å². The molecule has 1 aromatic rings. The third kappa shape index (κ3) is 11.6. The fourth-order valence-electron chi connectivity index (χ4n) is 1.89. The van der Waals surface area contributed by atoms with Gasteiger partial charge in [-0.25, -0.2) is 0 Å². The maximum Gasteiger partial charge on any atom is 0.191 e. The van der Waals surface area contributed by atoms with Gasteiger partial charge in [0.2, 0.25) is 0 Å². The Balaban J connectivity index is 0.00000576. The second-order valence-electron chi connectivity index (χ2n) is 5.20. The number of rotatable bonds is 11. The van der Waals surface area contributed by atoms with E-state index in [1.807, 2.05) is 31.2 Å². The van der Waals surface area contributed by atoms with Crippen LogP contribution in [0.25, 0.3) is 0 Å². The molecule has 25 heavy (non-hydrogen) atoms. The molecule has 2 N–H and O–H groups in total. The van der Waals surface area contributed by atoms with Gasteiger partial charge < -0.3 is 24.8 Å². The molecule has 0 amide bonds. The second-order valence-corrected chi connectivity index (χ2v) is 6.05. The summed E-state index contributed by atoms with van der Waals surface area (Å²) < 4.78 is 17.2. The van der Waals surface area contributed by atoms with Crippen LogP contribution in [0.15, 0.2) is 33.7 Å². The van der Waals surface area contributed by atoms with Crippen molar-refractivity contribution in [3.05, 3.63) is 28.7 Å². The van der Waals surface area contributed by atoms with Gasteiger partial charge in [0.05, 0.1) is 24.2 Å². The lowest BCUT2D eigenvalue weighted by atomic mass is 10.3. The molecule has 0 saturated heterocycles. The minimum absolute atomic E-state index is 0. The summed E-state index contributed by atoms with van der Waals surface area (Å²) in [5.41, 5.74) is 0. The maximum atomic E-state index is 5.90. The van der Waals surface area contributed by atoms with Crippen molar-refractivity contribution in [3.8, 4) is 5.75 Å². The molecule has 144 valence electrons. The van der Waals surface area contributed by atoms with E-state index in [0.29, 0.717) is 26.4 Å². The van der Waals surface area contributed by atoms with Crippen LogP contribution in [0.3, 0.4) is 0 Å². The Kier molecular flexibility index (Phi) is 15.3. The van der Waals surface area contributed by atoms with Crippen molar-refractivity contribution in [2.24, 2.45) is 4.99 Å². The van der Waals surface area contributed by atoms with Gasteiger partial charge in [-0.2, -0.15) is 0 Å². The average Bonchev–Trinajstić information content (AvgIpc) is 2.58. The summed E-state index contributed by atoms with van der Waals surface area (Å²) in [5, 5.41) is 6.51. The van der Waals surface area contributed by atoms with Crippen LogP contribution in [0.1, 0.15) is 13.3 Å². The molecule has 0 saturated carbocycles. The van der Waals surface area contributed by atoms with Crippen LogP contribution in [0, 0.1) is 0 Å². The molecule has 0 aromatic heterocycles. The first-order chi connectivity index (χ1) is 11.7. The van der Waals surface area contributed by atoms with Gasteiger partial charge in [0.15, 0.2) is 5.96 Å². The van der Waals surface area contributed by atoms with Crippen LogP contribution in [0.4, 0.5) is 0 Å². The van der Waals surface area contributed by atoms with Crippen molar-refractivity contribution in [1.29, 1.82) is 0 Å². The fourth-order valence-corrected chi connectivity index (χ4v) is 2.26. The minimum atomic E-state index is 0. The number of aliphatic imine (C=N–C) groups is 1. The van der Waals surface area contributed by atoms with E-state index < -0.39 is 0 Å². The van der Waals surface area contributed by atoms with Gasteiger partial charge in [0, 0.05) is 27.3 Å². The van der Waals surface area contributed by atoms with Gasteiger partial charge >= 0.3 is 0 Å². The fraction of sp³-hybridized carbons (Fsp3) is 0.588. The number of guanidine groups is 1. The molecule has 0 radical (unpaired) electrons.